The summed E-state index contributed by atoms with van der Waals surface area (Å²) in [5, 5.41) is 4.04. The Balaban J connectivity index is 1.94. The molecular weight excluding hydrogens is 399 g/mol. The van der Waals surface area contributed by atoms with E-state index in [2.05, 4.69) is 57.7 Å². The summed E-state index contributed by atoms with van der Waals surface area (Å²) in [6, 6.07) is 9.78. The third-order valence-electron chi connectivity index (χ3n) is 3.68. The molecule has 0 bridgehead atoms. The smallest absolute Gasteiger partial charge is 0.269 e. The van der Waals surface area contributed by atoms with Crippen LogP contribution in [0.2, 0.25) is 0 Å². The zero-order valence-electron chi connectivity index (χ0n) is 13.8. The number of rotatable bonds is 8. The average Bonchev–Trinajstić information content (AvgIpc) is 2.54. The van der Waals surface area contributed by atoms with Gasteiger partial charge in [0.15, 0.2) is 0 Å². The highest BCUT2D eigenvalue weighted by molar-refractivity contribution is 14.1. The van der Waals surface area contributed by atoms with Gasteiger partial charge in [-0.25, -0.2) is 4.98 Å². The Morgan fingerprint density at radius 2 is 1.87 bits per heavy atom. The molecule has 0 fully saturated rings. The van der Waals surface area contributed by atoms with Gasteiger partial charge in [-0.1, -0.05) is 19.9 Å². The predicted molar refractivity (Wildman–Crippen MR) is 104 cm³/mol. The van der Waals surface area contributed by atoms with Crippen molar-refractivity contribution in [3.63, 3.8) is 0 Å². The lowest BCUT2D eigenvalue weighted by Crippen LogP contribution is -2.36. The van der Waals surface area contributed by atoms with Crippen LogP contribution in [-0.4, -0.2) is 42.0 Å². The van der Waals surface area contributed by atoms with Gasteiger partial charge < -0.3 is 10.2 Å². The third-order valence-corrected chi connectivity index (χ3v) is 4.35. The first kappa shape index (κ1) is 18.1. The van der Waals surface area contributed by atoms with Crippen LogP contribution in [0.1, 0.15) is 37.2 Å². The van der Waals surface area contributed by atoms with Gasteiger partial charge in [0.2, 0.25) is 0 Å². The van der Waals surface area contributed by atoms with E-state index in [1.165, 1.54) is 3.57 Å². The van der Waals surface area contributed by atoms with Gasteiger partial charge in [0.25, 0.3) is 5.91 Å². The van der Waals surface area contributed by atoms with Gasteiger partial charge in [-0.3, -0.25) is 4.79 Å². The molecule has 23 heavy (non-hydrogen) atoms. The average molecular weight is 423 g/mol. The summed E-state index contributed by atoms with van der Waals surface area (Å²) in [6.07, 6.45) is 2.28. The maximum Gasteiger partial charge on any atom is 0.269 e. The van der Waals surface area contributed by atoms with Crippen molar-refractivity contribution in [2.45, 2.75) is 26.7 Å². The van der Waals surface area contributed by atoms with Crippen molar-refractivity contribution >= 4 is 39.4 Å². The second-order valence-corrected chi connectivity index (χ2v) is 6.88. The zero-order chi connectivity index (χ0) is 16.7. The Morgan fingerprint density at radius 3 is 2.57 bits per heavy atom. The fourth-order valence-corrected chi connectivity index (χ4v) is 3.12. The van der Waals surface area contributed by atoms with E-state index in [1.807, 2.05) is 18.2 Å². The van der Waals surface area contributed by atoms with Crippen LogP contribution in [0.25, 0.3) is 10.9 Å². The maximum atomic E-state index is 12.3. The molecule has 5 heteroatoms. The van der Waals surface area contributed by atoms with Crippen LogP contribution in [0.4, 0.5) is 0 Å². The molecule has 1 N–H and O–H groups in total. The number of nitrogens with one attached hydrogen (secondary N) is 1. The van der Waals surface area contributed by atoms with Gasteiger partial charge in [-0.15, -0.1) is 0 Å². The Bertz CT molecular complexity index is 654. The molecule has 1 aromatic carbocycles. The van der Waals surface area contributed by atoms with Gasteiger partial charge in [-0.05, 0) is 72.8 Å². The van der Waals surface area contributed by atoms with Gasteiger partial charge in [0, 0.05) is 22.0 Å². The minimum absolute atomic E-state index is 0.0987. The fraction of sp³-hybridized carbons (Fsp3) is 0.444. The molecule has 124 valence electrons. The molecule has 0 aliphatic rings. The SMILES string of the molecule is CCCN(CCC)CCNC(=O)c1ccc2cc([125I])ccc2n1. The minimum Gasteiger partial charge on any atom is -0.349 e. The second-order valence-electron chi connectivity index (χ2n) is 5.63. The number of fused-ring (bicyclic) bond motifs is 1. The van der Waals surface area contributed by atoms with E-state index in [0.29, 0.717) is 12.2 Å². The van der Waals surface area contributed by atoms with E-state index in [0.717, 1.165) is 43.4 Å². The van der Waals surface area contributed by atoms with E-state index < -0.39 is 0 Å². The number of hydrogen-bond donors (Lipinski definition) is 1. The summed E-state index contributed by atoms with van der Waals surface area (Å²) in [6.45, 7) is 8.07. The topological polar surface area (TPSA) is 45.2 Å². The normalized spacial score (nSPS) is 11.1. The first-order chi connectivity index (χ1) is 11.1. The van der Waals surface area contributed by atoms with Gasteiger partial charge in [0.1, 0.15) is 5.69 Å². The van der Waals surface area contributed by atoms with Crippen molar-refractivity contribution in [1.82, 2.24) is 15.2 Å². The molecule has 0 spiro atoms. The number of carbonyl (C=O) groups is 1. The summed E-state index contributed by atoms with van der Waals surface area (Å²) in [7, 11) is 0. The van der Waals surface area contributed by atoms with E-state index in [1.54, 1.807) is 6.07 Å². The minimum atomic E-state index is -0.0987. The highest BCUT2D eigenvalue weighted by Crippen LogP contribution is 2.16. The molecule has 4 nitrogen and oxygen atoms in total. The molecule has 0 radical (unpaired) electrons. The second kappa shape index (κ2) is 9.17. The molecule has 0 aliphatic heterocycles. The molecule has 0 saturated heterocycles. The number of aromatic nitrogens is 1. The Kier molecular flexibility index (Phi) is 7.23. The fourth-order valence-electron chi connectivity index (χ4n) is 2.61. The van der Waals surface area contributed by atoms with Crippen molar-refractivity contribution in [3.8, 4) is 0 Å². The lowest BCUT2D eigenvalue weighted by Gasteiger charge is -2.20. The number of benzene rings is 1. The van der Waals surface area contributed by atoms with Crippen molar-refractivity contribution in [2.24, 2.45) is 0 Å². The monoisotopic (exact) mass is 423 g/mol. The molecule has 0 unspecified atom stereocenters. The van der Waals surface area contributed by atoms with Gasteiger partial charge in [-0.2, -0.15) is 0 Å². The Labute approximate surface area is 151 Å². The van der Waals surface area contributed by atoms with Crippen LogP contribution < -0.4 is 5.32 Å². The Morgan fingerprint density at radius 1 is 1.13 bits per heavy atom. The number of nitrogens with zero attached hydrogens (tertiary/aromatic N) is 2. The van der Waals surface area contributed by atoms with Crippen LogP contribution in [-0.2, 0) is 0 Å². The van der Waals surface area contributed by atoms with Gasteiger partial charge >= 0.3 is 0 Å². The van der Waals surface area contributed by atoms with Crippen LogP contribution in [0.3, 0.4) is 0 Å². The molecule has 1 heterocycles. The summed E-state index contributed by atoms with van der Waals surface area (Å²) in [5.41, 5.74) is 1.34. The molecule has 0 aliphatic carbocycles. The molecule has 2 aromatic rings. The van der Waals surface area contributed by atoms with E-state index >= 15 is 0 Å². The number of amides is 1. The molecule has 1 aromatic heterocycles. The summed E-state index contributed by atoms with van der Waals surface area (Å²) < 4.78 is 1.17. The van der Waals surface area contributed by atoms with Crippen LogP contribution in [0.15, 0.2) is 30.3 Å². The maximum absolute atomic E-state index is 12.3. The number of hydrogen-bond acceptors (Lipinski definition) is 3. The van der Waals surface area contributed by atoms with E-state index in [9.17, 15) is 4.79 Å². The highest BCUT2D eigenvalue weighted by atomic mass is 125. The zero-order valence-corrected chi connectivity index (χ0v) is 16.0. The van der Waals surface area contributed by atoms with Crippen molar-refractivity contribution in [3.05, 3.63) is 39.6 Å². The molecule has 1 amide bonds. The van der Waals surface area contributed by atoms with Crippen LogP contribution in [0, 0.1) is 3.57 Å². The lowest BCUT2D eigenvalue weighted by molar-refractivity contribution is 0.0943. The van der Waals surface area contributed by atoms with E-state index in [-0.39, 0.29) is 5.91 Å². The molecular formula is C18H24IN3O. The number of halogens is 1. The quantitative estimate of drug-likeness (QED) is 0.659. The van der Waals surface area contributed by atoms with Crippen molar-refractivity contribution < 1.29 is 4.79 Å². The standard InChI is InChI=1S/C18H24IN3O/c1-3-10-22(11-4-2)12-9-20-18(23)17-7-5-14-13-15(19)6-8-16(14)21-17/h5-8,13H,3-4,9-12H2,1-2H3,(H,20,23)/i19-2. The molecule has 2 rings (SSSR count). The number of pyridine rings is 1. The number of carbonyl (C=O) groups excluding carboxylic acids is 1. The van der Waals surface area contributed by atoms with Crippen LogP contribution in [0.5, 0.6) is 0 Å². The predicted octanol–water partition coefficient (Wildman–Crippen LogP) is 3.69. The first-order valence-electron chi connectivity index (χ1n) is 8.21. The molecule has 0 atom stereocenters. The van der Waals surface area contributed by atoms with Crippen molar-refractivity contribution in [1.29, 1.82) is 0 Å². The summed E-state index contributed by atoms with van der Waals surface area (Å²) in [5.74, 6) is -0.0987. The molecule has 0 saturated carbocycles. The first-order valence-corrected chi connectivity index (χ1v) is 9.28. The summed E-state index contributed by atoms with van der Waals surface area (Å²) >= 11 is 2.28. The Hall–Kier alpha value is -1.21. The van der Waals surface area contributed by atoms with Crippen molar-refractivity contribution in [2.75, 3.05) is 26.2 Å². The summed E-state index contributed by atoms with van der Waals surface area (Å²) in [4.78, 5) is 19.1. The van der Waals surface area contributed by atoms with E-state index in [4.69, 9.17) is 0 Å². The van der Waals surface area contributed by atoms with Crippen LogP contribution >= 0.6 is 22.6 Å². The highest BCUT2D eigenvalue weighted by Gasteiger charge is 2.09. The largest absolute Gasteiger partial charge is 0.349 e. The van der Waals surface area contributed by atoms with Gasteiger partial charge in [0.05, 0.1) is 5.52 Å². The lowest BCUT2D eigenvalue weighted by atomic mass is 10.2. The third kappa shape index (κ3) is 5.42.